The number of nitrogens with one attached hydrogen (secondary N) is 1. The maximum Gasteiger partial charge on any atom is 0.246 e. The molecule has 1 amide bonds. The van der Waals surface area contributed by atoms with Gasteiger partial charge in [0.25, 0.3) is 0 Å². The standard InChI is InChI=1S/C20H22N4O4S/c1-3-15-9-7-8-12-17(15)24(29(2,26)27)14-18(25)21-13-19-22-20(23-28-19)16-10-5-4-6-11-16/h4-12H,3,13-14H2,1-2H3,(H,21,25). The van der Waals surface area contributed by atoms with Crippen molar-refractivity contribution in [2.75, 3.05) is 17.1 Å². The van der Waals surface area contributed by atoms with E-state index >= 15 is 0 Å². The number of benzene rings is 2. The Hall–Kier alpha value is -3.20. The molecule has 1 N–H and O–H groups in total. The Morgan fingerprint density at radius 1 is 1.10 bits per heavy atom. The maximum atomic E-state index is 12.4. The number of sulfonamides is 1. The molecule has 1 aromatic heterocycles. The second-order valence-corrected chi connectivity index (χ2v) is 8.31. The minimum absolute atomic E-state index is 0.00565. The van der Waals surface area contributed by atoms with Crippen molar-refractivity contribution in [3.05, 3.63) is 66.1 Å². The molecule has 3 aromatic rings. The van der Waals surface area contributed by atoms with Gasteiger partial charge in [0.05, 0.1) is 18.5 Å². The zero-order valence-corrected chi connectivity index (χ0v) is 17.0. The van der Waals surface area contributed by atoms with E-state index in [1.54, 1.807) is 12.1 Å². The van der Waals surface area contributed by atoms with Crippen LogP contribution in [0.25, 0.3) is 11.4 Å². The first-order chi connectivity index (χ1) is 13.9. The molecule has 0 atom stereocenters. The first-order valence-corrected chi connectivity index (χ1v) is 10.9. The van der Waals surface area contributed by atoms with E-state index in [1.165, 1.54) is 0 Å². The lowest BCUT2D eigenvalue weighted by atomic mass is 10.1. The molecule has 0 aliphatic heterocycles. The fraction of sp³-hybridized carbons (Fsp3) is 0.250. The van der Waals surface area contributed by atoms with Gasteiger partial charge in [0.15, 0.2) is 0 Å². The van der Waals surface area contributed by atoms with Gasteiger partial charge in [0.2, 0.25) is 27.6 Å². The summed E-state index contributed by atoms with van der Waals surface area (Å²) in [6, 6.07) is 16.4. The number of rotatable bonds is 8. The number of carbonyl (C=O) groups excluding carboxylic acids is 1. The van der Waals surface area contributed by atoms with Crippen molar-refractivity contribution < 1.29 is 17.7 Å². The zero-order chi connectivity index (χ0) is 20.9. The predicted molar refractivity (Wildman–Crippen MR) is 110 cm³/mol. The summed E-state index contributed by atoms with van der Waals surface area (Å²) in [5, 5.41) is 6.52. The summed E-state index contributed by atoms with van der Waals surface area (Å²) >= 11 is 0. The molecule has 0 aliphatic rings. The first kappa shape index (κ1) is 20.5. The third-order valence-electron chi connectivity index (χ3n) is 4.27. The number of aromatic nitrogens is 2. The predicted octanol–water partition coefficient (Wildman–Crippen LogP) is 2.38. The summed E-state index contributed by atoms with van der Waals surface area (Å²) in [6.45, 7) is 1.60. The minimum atomic E-state index is -3.64. The van der Waals surface area contributed by atoms with E-state index in [0.29, 0.717) is 17.9 Å². The van der Waals surface area contributed by atoms with Crippen molar-refractivity contribution >= 4 is 21.6 Å². The highest BCUT2D eigenvalue weighted by atomic mass is 32.2. The molecule has 0 spiro atoms. The van der Waals surface area contributed by atoms with Crippen LogP contribution in [0.1, 0.15) is 18.4 Å². The Labute approximate surface area is 169 Å². The molecule has 29 heavy (non-hydrogen) atoms. The van der Waals surface area contributed by atoms with E-state index in [9.17, 15) is 13.2 Å². The highest BCUT2D eigenvalue weighted by Crippen LogP contribution is 2.23. The van der Waals surface area contributed by atoms with Crippen LogP contribution in [-0.2, 0) is 27.8 Å². The van der Waals surface area contributed by atoms with Crippen LogP contribution in [0.3, 0.4) is 0 Å². The van der Waals surface area contributed by atoms with Gasteiger partial charge in [-0.25, -0.2) is 8.42 Å². The summed E-state index contributed by atoms with van der Waals surface area (Å²) < 4.78 is 30.8. The van der Waals surface area contributed by atoms with E-state index < -0.39 is 15.9 Å². The SMILES string of the molecule is CCc1ccccc1N(CC(=O)NCc1nc(-c2ccccc2)no1)S(C)(=O)=O. The van der Waals surface area contributed by atoms with Gasteiger partial charge in [-0.05, 0) is 18.1 Å². The lowest BCUT2D eigenvalue weighted by Crippen LogP contribution is -2.40. The fourth-order valence-corrected chi connectivity index (χ4v) is 3.71. The van der Waals surface area contributed by atoms with Crippen molar-refractivity contribution in [2.24, 2.45) is 0 Å². The van der Waals surface area contributed by atoms with Crippen LogP contribution in [-0.4, -0.2) is 37.3 Å². The number of aryl methyl sites for hydroxylation is 1. The summed E-state index contributed by atoms with van der Waals surface area (Å²) in [6.07, 6.45) is 1.73. The molecule has 8 nitrogen and oxygen atoms in total. The number of carbonyl (C=O) groups is 1. The molecule has 1 heterocycles. The van der Waals surface area contributed by atoms with Crippen molar-refractivity contribution in [1.29, 1.82) is 0 Å². The monoisotopic (exact) mass is 414 g/mol. The Morgan fingerprint density at radius 3 is 2.48 bits per heavy atom. The van der Waals surface area contributed by atoms with Crippen molar-refractivity contribution in [1.82, 2.24) is 15.5 Å². The summed E-state index contributed by atoms with van der Waals surface area (Å²) in [5.74, 6) is 0.183. The number of amides is 1. The topological polar surface area (TPSA) is 105 Å². The van der Waals surface area contributed by atoms with Crippen molar-refractivity contribution in [2.45, 2.75) is 19.9 Å². The molecule has 0 aliphatic carbocycles. The van der Waals surface area contributed by atoms with Gasteiger partial charge in [-0.15, -0.1) is 0 Å². The number of nitrogens with zero attached hydrogens (tertiary/aromatic N) is 3. The van der Waals surface area contributed by atoms with E-state index in [4.69, 9.17) is 4.52 Å². The molecular weight excluding hydrogens is 392 g/mol. The van der Waals surface area contributed by atoms with Crippen LogP contribution >= 0.6 is 0 Å². The summed E-state index contributed by atoms with van der Waals surface area (Å²) in [7, 11) is -3.64. The molecule has 0 saturated heterocycles. The average Bonchev–Trinajstić information content (AvgIpc) is 3.19. The van der Waals surface area contributed by atoms with Crippen molar-refractivity contribution in [3.8, 4) is 11.4 Å². The third kappa shape index (κ3) is 5.20. The number of hydrogen-bond donors (Lipinski definition) is 1. The molecule has 3 rings (SSSR count). The molecule has 0 fully saturated rings. The van der Waals surface area contributed by atoms with E-state index in [0.717, 1.165) is 21.7 Å². The molecule has 0 unspecified atom stereocenters. The van der Waals surface area contributed by atoms with Gasteiger partial charge in [0, 0.05) is 5.56 Å². The smallest absolute Gasteiger partial charge is 0.246 e. The summed E-state index contributed by atoms with van der Waals surface area (Å²) in [5.41, 5.74) is 2.14. The zero-order valence-electron chi connectivity index (χ0n) is 16.2. The van der Waals surface area contributed by atoms with E-state index in [2.05, 4.69) is 15.5 Å². The highest BCUT2D eigenvalue weighted by molar-refractivity contribution is 7.92. The molecule has 152 valence electrons. The van der Waals surface area contributed by atoms with Crippen LogP contribution in [0.4, 0.5) is 5.69 Å². The second-order valence-electron chi connectivity index (χ2n) is 6.41. The largest absolute Gasteiger partial charge is 0.345 e. The number of hydrogen-bond acceptors (Lipinski definition) is 6. The summed E-state index contributed by atoms with van der Waals surface area (Å²) in [4.78, 5) is 16.7. The Balaban J connectivity index is 1.68. The van der Waals surface area contributed by atoms with E-state index in [1.807, 2.05) is 49.4 Å². The van der Waals surface area contributed by atoms with Gasteiger partial charge in [0.1, 0.15) is 6.54 Å². The average molecular weight is 414 g/mol. The van der Waals surface area contributed by atoms with Crippen LogP contribution < -0.4 is 9.62 Å². The lowest BCUT2D eigenvalue weighted by Gasteiger charge is -2.24. The maximum absolute atomic E-state index is 12.4. The second kappa shape index (κ2) is 8.87. The van der Waals surface area contributed by atoms with Gasteiger partial charge >= 0.3 is 0 Å². The van der Waals surface area contributed by atoms with Crippen LogP contribution in [0, 0.1) is 0 Å². The van der Waals surface area contributed by atoms with Crippen LogP contribution in [0.15, 0.2) is 59.1 Å². The molecule has 9 heteroatoms. The van der Waals surface area contributed by atoms with Crippen LogP contribution in [0.2, 0.25) is 0 Å². The third-order valence-corrected chi connectivity index (χ3v) is 5.39. The van der Waals surface area contributed by atoms with Gasteiger partial charge in [-0.1, -0.05) is 60.6 Å². The van der Waals surface area contributed by atoms with E-state index in [-0.39, 0.29) is 19.0 Å². The molecule has 0 radical (unpaired) electrons. The molecular formula is C20H22N4O4S. The molecule has 2 aromatic carbocycles. The Bertz CT molecular complexity index is 1080. The molecule has 0 saturated carbocycles. The minimum Gasteiger partial charge on any atom is -0.345 e. The number of anilines is 1. The normalized spacial score (nSPS) is 11.2. The quantitative estimate of drug-likeness (QED) is 0.607. The Morgan fingerprint density at radius 2 is 1.79 bits per heavy atom. The number of para-hydroxylation sites is 1. The van der Waals surface area contributed by atoms with Gasteiger partial charge in [-0.2, -0.15) is 4.98 Å². The van der Waals surface area contributed by atoms with Crippen LogP contribution in [0.5, 0.6) is 0 Å². The first-order valence-electron chi connectivity index (χ1n) is 9.08. The Kier molecular flexibility index (Phi) is 6.28. The van der Waals surface area contributed by atoms with Gasteiger partial charge < -0.3 is 9.84 Å². The fourth-order valence-electron chi connectivity index (χ4n) is 2.83. The van der Waals surface area contributed by atoms with Crippen molar-refractivity contribution in [3.63, 3.8) is 0 Å². The lowest BCUT2D eigenvalue weighted by molar-refractivity contribution is -0.119. The van der Waals surface area contributed by atoms with Gasteiger partial charge in [-0.3, -0.25) is 9.10 Å². The molecule has 0 bridgehead atoms. The highest BCUT2D eigenvalue weighted by Gasteiger charge is 2.23.